The average Bonchev–Trinajstić information content (AvgIpc) is 2.25. The van der Waals surface area contributed by atoms with Crippen LogP contribution in [0.5, 0.6) is 0 Å². The number of hydrogen-bond acceptors (Lipinski definition) is 4. The molecule has 2 rings (SSSR count). The van der Waals surface area contributed by atoms with E-state index < -0.39 is 0 Å². The van der Waals surface area contributed by atoms with Gasteiger partial charge in [-0.3, -0.25) is 4.79 Å². The van der Waals surface area contributed by atoms with Crippen molar-refractivity contribution in [2.24, 2.45) is 4.99 Å². The van der Waals surface area contributed by atoms with Gasteiger partial charge in [0, 0.05) is 6.07 Å². The quantitative estimate of drug-likeness (QED) is 0.571. The Labute approximate surface area is 104 Å². The minimum absolute atomic E-state index is 0.0502. The van der Waals surface area contributed by atoms with Crippen molar-refractivity contribution in [1.82, 2.24) is 0 Å². The molecule has 0 amide bonds. The van der Waals surface area contributed by atoms with Crippen molar-refractivity contribution in [1.29, 1.82) is 0 Å². The Morgan fingerprint density at radius 2 is 2.00 bits per heavy atom. The Morgan fingerprint density at radius 1 is 1.29 bits per heavy atom. The number of nitrogens with zero attached hydrogens (tertiary/aromatic N) is 1. The summed E-state index contributed by atoms with van der Waals surface area (Å²) >= 11 is 4.60. The number of aliphatic imine (C=N–C) groups is 1. The van der Waals surface area contributed by atoms with Crippen LogP contribution in [-0.4, -0.2) is 5.16 Å². The molecule has 2 aromatic rings. The highest BCUT2D eigenvalue weighted by atomic mass is 32.1. The van der Waals surface area contributed by atoms with Crippen molar-refractivity contribution in [3.63, 3.8) is 0 Å². The molecule has 0 aliphatic heterocycles. The van der Waals surface area contributed by atoms with E-state index in [1.54, 1.807) is 6.92 Å². The smallest absolute Gasteiger partial charge is 0.193 e. The summed E-state index contributed by atoms with van der Waals surface area (Å²) in [6, 6.07) is 3.33. The fourth-order valence-corrected chi connectivity index (χ4v) is 2.01. The molecule has 0 saturated heterocycles. The van der Waals surface area contributed by atoms with Gasteiger partial charge in [-0.05, 0) is 50.2 Å². The monoisotopic (exact) mass is 245 g/mol. The van der Waals surface area contributed by atoms with E-state index in [2.05, 4.69) is 22.4 Å². The first-order valence-corrected chi connectivity index (χ1v) is 5.58. The van der Waals surface area contributed by atoms with Gasteiger partial charge in [-0.1, -0.05) is 0 Å². The molecule has 4 heteroatoms. The molecule has 0 aliphatic carbocycles. The largest absolute Gasteiger partial charge is 0.461 e. The molecule has 86 valence electrons. The molecule has 0 radical (unpaired) electrons. The Bertz CT molecular complexity index is 709. The summed E-state index contributed by atoms with van der Waals surface area (Å²) < 4.78 is 5.60. The maximum Gasteiger partial charge on any atom is 0.193 e. The maximum atomic E-state index is 12.0. The number of rotatable bonds is 1. The molecular formula is C13H11NO2S. The SMILES string of the molecule is Cc1cc(=O)c2c(C)c(N=C=S)cc(C)c2o1. The predicted octanol–water partition coefficient (Wildman–Crippen LogP) is 3.45. The average molecular weight is 245 g/mol. The second-order valence-corrected chi connectivity index (χ2v) is 4.15. The predicted molar refractivity (Wildman–Crippen MR) is 71.4 cm³/mol. The molecule has 0 bridgehead atoms. The van der Waals surface area contributed by atoms with Crippen molar-refractivity contribution in [2.75, 3.05) is 0 Å². The van der Waals surface area contributed by atoms with Gasteiger partial charge in [0.1, 0.15) is 11.3 Å². The third-order valence-corrected chi connectivity index (χ3v) is 2.80. The minimum Gasteiger partial charge on any atom is -0.461 e. The zero-order valence-electron chi connectivity index (χ0n) is 9.83. The molecule has 3 nitrogen and oxygen atoms in total. The summed E-state index contributed by atoms with van der Waals surface area (Å²) in [7, 11) is 0. The second-order valence-electron chi connectivity index (χ2n) is 3.97. The van der Waals surface area contributed by atoms with Crippen LogP contribution in [0.2, 0.25) is 0 Å². The number of hydrogen-bond donors (Lipinski definition) is 0. The molecule has 0 unspecified atom stereocenters. The Kier molecular flexibility index (Phi) is 2.92. The molecule has 0 spiro atoms. The number of isothiocyanates is 1. The van der Waals surface area contributed by atoms with Gasteiger partial charge in [0.05, 0.1) is 16.2 Å². The van der Waals surface area contributed by atoms with Crippen molar-refractivity contribution >= 4 is 34.0 Å². The number of thiocarbonyl (C=S) groups is 1. The minimum atomic E-state index is -0.0502. The first-order chi connectivity index (χ1) is 8.04. The Hall–Kier alpha value is -1.77. The highest BCUT2D eigenvalue weighted by Gasteiger charge is 2.12. The highest BCUT2D eigenvalue weighted by Crippen LogP contribution is 2.28. The molecule has 0 aliphatic rings. The summed E-state index contributed by atoms with van der Waals surface area (Å²) in [5.41, 5.74) is 2.88. The first-order valence-electron chi connectivity index (χ1n) is 5.17. The van der Waals surface area contributed by atoms with Gasteiger partial charge < -0.3 is 4.42 Å². The molecular weight excluding hydrogens is 234 g/mol. The maximum absolute atomic E-state index is 12.0. The van der Waals surface area contributed by atoms with Crippen LogP contribution >= 0.6 is 12.2 Å². The van der Waals surface area contributed by atoms with E-state index in [1.165, 1.54) is 6.07 Å². The van der Waals surface area contributed by atoms with E-state index in [-0.39, 0.29) is 5.43 Å². The lowest BCUT2D eigenvalue weighted by atomic mass is 10.0. The Balaban J connectivity index is 3.04. The van der Waals surface area contributed by atoms with Gasteiger partial charge in [0.15, 0.2) is 5.43 Å². The number of fused-ring (bicyclic) bond motifs is 1. The van der Waals surface area contributed by atoms with E-state index in [4.69, 9.17) is 4.42 Å². The number of aryl methyl sites for hydroxylation is 3. The molecule has 0 fully saturated rings. The van der Waals surface area contributed by atoms with Crippen molar-refractivity contribution < 1.29 is 4.42 Å². The lowest BCUT2D eigenvalue weighted by molar-refractivity contribution is 0.562. The summed E-state index contributed by atoms with van der Waals surface area (Å²) in [6.45, 7) is 5.48. The van der Waals surface area contributed by atoms with Crippen LogP contribution in [0.4, 0.5) is 5.69 Å². The zero-order valence-corrected chi connectivity index (χ0v) is 10.6. The standard InChI is InChI=1S/C13H11NO2S/c1-7-4-10(14-6-17)9(3)12-11(15)5-8(2)16-13(7)12/h4-5H,1-3H3. The summed E-state index contributed by atoms with van der Waals surface area (Å²) in [6.07, 6.45) is 0. The molecule has 1 aromatic heterocycles. The van der Waals surface area contributed by atoms with Crippen LogP contribution in [-0.2, 0) is 0 Å². The summed E-state index contributed by atoms with van der Waals surface area (Å²) in [5, 5.41) is 2.89. The fourth-order valence-electron chi connectivity index (χ4n) is 1.92. The van der Waals surface area contributed by atoms with Crippen LogP contribution in [0, 0.1) is 20.8 Å². The fraction of sp³-hybridized carbons (Fsp3) is 0.231. The Morgan fingerprint density at radius 3 is 2.65 bits per heavy atom. The molecule has 0 saturated carbocycles. The lowest BCUT2D eigenvalue weighted by Gasteiger charge is -2.07. The zero-order chi connectivity index (χ0) is 12.6. The molecule has 0 N–H and O–H groups in total. The number of benzene rings is 1. The van der Waals surface area contributed by atoms with Crippen LogP contribution in [0.15, 0.2) is 26.3 Å². The van der Waals surface area contributed by atoms with E-state index in [0.717, 1.165) is 11.1 Å². The normalized spacial score (nSPS) is 10.3. The highest BCUT2D eigenvalue weighted by molar-refractivity contribution is 7.78. The lowest BCUT2D eigenvalue weighted by Crippen LogP contribution is -2.03. The molecule has 0 atom stereocenters. The third kappa shape index (κ3) is 1.93. The van der Waals surface area contributed by atoms with E-state index in [0.29, 0.717) is 22.4 Å². The topological polar surface area (TPSA) is 42.6 Å². The summed E-state index contributed by atoms with van der Waals surface area (Å²) in [5.74, 6) is 0.607. The van der Waals surface area contributed by atoms with Gasteiger partial charge >= 0.3 is 0 Å². The van der Waals surface area contributed by atoms with Crippen molar-refractivity contribution in [3.8, 4) is 0 Å². The van der Waals surface area contributed by atoms with Crippen molar-refractivity contribution in [2.45, 2.75) is 20.8 Å². The van der Waals surface area contributed by atoms with E-state index in [9.17, 15) is 4.79 Å². The second kappa shape index (κ2) is 4.24. The van der Waals surface area contributed by atoms with Gasteiger partial charge in [-0.2, -0.15) is 4.99 Å². The van der Waals surface area contributed by atoms with E-state index >= 15 is 0 Å². The van der Waals surface area contributed by atoms with Gasteiger partial charge in [0.25, 0.3) is 0 Å². The van der Waals surface area contributed by atoms with Gasteiger partial charge in [-0.25, -0.2) is 0 Å². The first kappa shape index (κ1) is 11.7. The van der Waals surface area contributed by atoms with Gasteiger partial charge in [-0.15, -0.1) is 0 Å². The molecule has 1 heterocycles. The van der Waals surface area contributed by atoms with E-state index in [1.807, 2.05) is 19.9 Å². The van der Waals surface area contributed by atoms with Gasteiger partial charge in [0.2, 0.25) is 0 Å². The third-order valence-electron chi connectivity index (χ3n) is 2.71. The molecule has 1 aromatic carbocycles. The van der Waals surface area contributed by atoms with Crippen LogP contribution in [0.25, 0.3) is 11.0 Å². The van der Waals surface area contributed by atoms with Crippen LogP contribution < -0.4 is 5.43 Å². The summed E-state index contributed by atoms with van der Waals surface area (Å²) in [4.78, 5) is 15.9. The van der Waals surface area contributed by atoms with Crippen LogP contribution in [0.1, 0.15) is 16.9 Å². The molecule has 17 heavy (non-hydrogen) atoms. The van der Waals surface area contributed by atoms with Crippen molar-refractivity contribution in [3.05, 3.63) is 39.2 Å². The van der Waals surface area contributed by atoms with Crippen LogP contribution in [0.3, 0.4) is 0 Å².